The molecular formula is C20H20N2. The predicted octanol–water partition coefficient (Wildman–Crippen LogP) is 5.01. The van der Waals surface area contributed by atoms with Crippen LogP contribution in [-0.2, 0) is 6.42 Å². The van der Waals surface area contributed by atoms with Crippen molar-refractivity contribution in [2.24, 2.45) is 5.92 Å². The molecule has 0 aliphatic carbocycles. The zero-order chi connectivity index (χ0) is 15.4. The van der Waals surface area contributed by atoms with Gasteiger partial charge < -0.3 is 0 Å². The third-order valence-corrected chi connectivity index (χ3v) is 3.64. The highest BCUT2D eigenvalue weighted by Crippen LogP contribution is 2.33. The first kappa shape index (κ1) is 14.5. The van der Waals surface area contributed by atoms with E-state index in [0.29, 0.717) is 5.92 Å². The molecule has 22 heavy (non-hydrogen) atoms. The number of pyridine rings is 2. The average molecular weight is 288 g/mol. The molecule has 0 saturated heterocycles. The Labute approximate surface area is 131 Å². The largest absolute Gasteiger partial charge is 0.255 e. The molecule has 2 aromatic heterocycles. The highest BCUT2D eigenvalue weighted by Gasteiger charge is 2.15. The van der Waals surface area contributed by atoms with Gasteiger partial charge in [-0.15, -0.1) is 0 Å². The van der Waals surface area contributed by atoms with Gasteiger partial charge in [0.1, 0.15) is 0 Å². The lowest BCUT2D eigenvalue weighted by Gasteiger charge is -2.15. The second-order valence-electron chi connectivity index (χ2n) is 5.87. The molecule has 0 aliphatic heterocycles. The SMILES string of the molecule is CC(C)Cc1ccnc(-c2ccccn2)c1-c1ccccc1. The fraction of sp³-hybridized carbons (Fsp3) is 0.200. The Balaban J connectivity index is 2.22. The molecule has 0 fully saturated rings. The second-order valence-corrected chi connectivity index (χ2v) is 5.87. The predicted molar refractivity (Wildman–Crippen MR) is 91.4 cm³/mol. The van der Waals surface area contributed by atoms with E-state index in [4.69, 9.17) is 0 Å². The highest BCUT2D eigenvalue weighted by atomic mass is 14.8. The zero-order valence-electron chi connectivity index (χ0n) is 13.0. The fourth-order valence-electron chi connectivity index (χ4n) is 2.74. The van der Waals surface area contributed by atoms with E-state index in [1.54, 1.807) is 0 Å². The number of benzene rings is 1. The molecule has 0 amide bonds. The van der Waals surface area contributed by atoms with Gasteiger partial charge in [-0.25, -0.2) is 0 Å². The highest BCUT2D eigenvalue weighted by molar-refractivity contribution is 5.81. The molecule has 3 rings (SSSR count). The van der Waals surface area contributed by atoms with Gasteiger partial charge >= 0.3 is 0 Å². The van der Waals surface area contributed by atoms with Crippen molar-refractivity contribution in [3.63, 3.8) is 0 Å². The van der Waals surface area contributed by atoms with Crippen molar-refractivity contribution in [3.05, 3.63) is 72.6 Å². The van der Waals surface area contributed by atoms with Crippen molar-refractivity contribution in [2.45, 2.75) is 20.3 Å². The second kappa shape index (κ2) is 6.52. The van der Waals surface area contributed by atoms with Crippen molar-refractivity contribution >= 4 is 0 Å². The fourth-order valence-corrected chi connectivity index (χ4v) is 2.74. The van der Waals surface area contributed by atoms with Gasteiger partial charge in [-0.1, -0.05) is 50.2 Å². The van der Waals surface area contributed by atoms with Crippen LogP contribution in [0.15, 0.2) is 67.0 Å². The lowest BCUT2D eigenvalue weighted by Crippen LogP contribution is -2.01. The first-order chi connectivity index (χ1) is 10.8. The lowest BCUT2D eigenvalue weighted by molar-refractivity contribution is 0.648. The molecule has 0 N–H and O–H groups in total. The molecule has 0 saturated carbocycles. The van der Waals surface area contributed by atoms with Gasteiger partial charge in [0, 0.05) is 18.0 Å². The van der Waals surface area contributed by atoms with E-state index in [9.17, 15) is 0 Å². The summed E-state index contributed by atoms with van der Waals surface area (Å²) in [5.41, 5.74) is 5.62. The number of hydrogen-bond acceptors (Lipinski definition) is 2. The van der Waals surface area contributed by atoms with Crippen LogP contribution in [0.1, 0.15) is 19.4 Å². The molecule has 2 heterocycles. The Bertz CT molecular complexity index is 734. The normalized spacial score (nSPS) is 10.9. The summed E-state index contributed by atoms with van der Waals surface area (Å²) in [4.78, 5) is 9.12. The molecule has 110 valence electrons. The lowest BCUT2D eigenvalue weighted by atomic mass is 9.92. The van der Waals surface area contributed by atoms with E-state index >= 15 is 0 Å². The Morgan fingerprint density at radius 2 is 1.59 bits per heavy atom. The first-order valence-electron chi connectivity index (χ1n) is 7.70. The van der Waals surface area contributed by atoms with Crippen molar-refractivity contribution in [1.82, 2.24) is 9.97 Å². The number of rotatable bonds is 4. The molecule has 0 bridgehead atoms. The summed E-state index contributed by atoms with van der Waals surface area (Å²) in [5.74, 6) is 0.599. The maximum Gasteiger partial charge on any atom is 0.0967 e. The Kier molecular flexibility index (Phi) is 4.29. The minimum absolute atomic E-state index is 0.599. The standard InChI is InChI=1S/C20H20N2/c1-15(2)14-17-11-13-22-20(18-10-6-7-12-21-18)19(17)16-8-4-3-5-9-16/h3-13,15H,14H2,1-2H3. The average Bonchev–Trinajstić information content (AvgIpc) is 2.56. The summed E-state index contributed by atoms with van der Waals surface area (Å²) in [6, 6.07) is 18.6. The summed E-state index contributed by atoms with van der Waals surface area (Å²) >= 11 is 0. The third-order valence-electron chi connectivity index (χ3n) is 3.64. The molecule has 0 spiro atoms. The topological polar surface area (TPSA) is 25.8 Å². The molecular weight excluding hydrogens is 268 g/mol. The van der Waals surface area contributed by atoms with Crippen LogP contribution in [-0.4, -0.2) is 9.97 Å². The first-order valence-corrected chi connectivity index (χ1v) is 7.70. The van der Waals surface area contributed by atoms with Gasteiger partial charge in [0.15, 0.2) is 0 Å². The Morgan fingerprint density at radius 3 is 2.27 bits per heavy atom. The summed E-state index contributed by atoms with van der Waals surface area (Å²) in [5, 5.41) is 0. The van der Waals surface area contributed by atoms with Gasteiger partial charge in [-0.05, 0) is 41.7 Å². The van der Waals surface area contributed by atoms with E-state index < -0.39 is 0 Å². The number of aromatic nitrogens is 2. The summed E-state index contributed by atoms with van der Waals surface area (Å²) in [7, 11) is 0. The molecule has 2 heteroatoms. The monoisotopic (exact) mass is 288 g/mol. The van der Waals surface area contributed by atoms with Gasteiger partial charge in [0.05, 0.1) is 11.4 Å². The van der Waals surface area contributed by atoms with E-state index in [1.165, 1.54) is 16.7 Å². The maximum atomic E-state index is 4.63. The van der Waals surface area contributed by atoms with Crippen molar-refractivity contribution < 1.29 is 0 Å². The zero-order valence-corrected chi connectivity index (χ0v) is 13.0. The molecule has 3 aromatic rings. The van der Waals surface area contributed by atoms with Crippen molar-refractivity contribution in [3.8, 4) is 22.5 Å². The van der Waals surface area contributed by atoms with Crippen LogP contribution in [0, 0.1) is 5.92 Å². The van der Waals surface area contributed by atoms with Crippen molar-refractivity contribution in [1.29, 1.82) is 0 Å². The molecule has 2 nitrogen and oxygen atoms in total. The Morgan fingerprint density at radius 1 is 0.818 bits per heavy atom. The molecule has 0 unspecified atom stereocenters. The molecule has 0 aliphatic rings. The quantitative estimate of drug-likeness (QED) is 0.674. The molecule has 0 atom stereocenters. The van der Waals surface area contributed by atoms with Crippen LogP contribution < -0.4 is 0 Å². The maximum absolute atomic E-state index is 4.63. The Hall–Kier alpha value is -2.48. The van der Waals surface area contributed by atoms with E-state index in [2.05, 4.69) is 54.1 Å². The smallest absolute Gasteiger partial charge is 0.0967 e. The molecule has 0 radical (unpaired) electrons. The number of hydrogen-bond donors (Lipinski definition) is 0. The van der Waals surface area contributed by atoms with Crippen LogP contribution in [0.2, 0.25) is 0 Å². The van der Waals surface area contributed by atoms with E-state index in [-0.39, 0.29) is 0 Å². The summed E-state index contributed by atoms with van der Waals surface area (Å²) in [6.45, 7) is 4.49. The van der Waals surface area contributed by atoms with Gasteiger partial charge in [-0.2, -0.15) is 0 Å². The van der Waals surface area contributed by atoms with E-state index in [1.807, 2.05) is 36.7 Å². The summed E-state index contributed by atoms with van der Waals surface area (Å²) in [6.07, 6.45) is 4.75. The van der Waals surface area contributed by atoms with Crippen LogP contribution in [0.3, 0.4) is 0 Å². The summed E-state index contributed by atoms with van der Waals surface area (Å²) < 4.78 is 0. The van der Waals surface area contributed by atoms with Gasteiger partial charge in [0.2, 0.25) is 0 Å². The molecule has 1 aromatic carbocycles. The van der Waals surface area contributed by atoms with E-state index in [0.717, 1.165) is 17.8 Å². The minimum Gasteiger partial charge on any atom is -0.255 e. The third kappa shape index (κ3) is 3.06. The van der Waals surface area contributed by atoms with Crippen LogP contribution in [0.5, 0.6) is 0 Å². The minimum atomic E-state index is 0.599. The van der Waals surface area contributed by atoms with Crippen LogP contribution in [0.4, 0.5) is 0 Å². The van der Waals surface area contributed by atoms with Crippen LogP contribution in [0.25, 0.3) is 22.5 Å². The van der Waals surface area contributed by atoms with Crippen LogP contribution >= 0.6 is 0 Å². The van der Waals surface area contributed by atoms with Gasteiger partial charge in [-0.3, -0.25) is 9.97 Å². The van der Waals surface area contributed by atoms with Crippen molar-refractivity contribution in [2.75, 3.05) is 0 Å². The number of nitrogens with zero attached hydrogens (tertiary/aromatic N) is 2. The van der Waals surface area contributed by atoms with Gasteiger partial charge in [0.25, 0.3) is 0 Å².